The smallest absolute Gasteiger partial charge is 0.0420 e. The highest BCUT2D eigenvalue weighted by Gasteiger charge is 2.07. The van der Waals surface area contributed by atoms with Crippen LogP contribution in [0.1, 0.15) is 36.7 Å². The molecule has 0 radical (unpaired) electrons. The molecule has 0 aliphatic carbocycles. The molecular weight excluding hydrogens is 160 g/mol. The predicted molar refractivity (Wildman–Crippen MR) is 55.8 cm³/mol. The summed E-state index contributed by atoms with van der Waals surface area (Å²) in [5.74, 6) is 0. The van der Waals surface area contributed by atoms with Crippen molar-refractivity contribution in [2.45, 2.75) is 33.7 Å². The molecule has 0 aliphatic rings. The Morgan fingerprint density at radius 1 is 1.46 bits per heavy atom. The Labute approximate surface area is 80.4 Å². The number of nitrogens with zero attached hydrogens (tertiary/aromatic N) is 1. The molecule has 2 nitrogen and oxygen atoms in total. The van der Waals surface area contributed by atoms with Gasteiger partial charge in [-0.2, -0.15) is 0 Å². The largest absolute Gasteiger partial charge is 0.310 e. The van der Waals surface area contributed by atoms with Crippen LogP contribution < -0.4 is 5.32 Å². The maximum Gasteiger partial charge on any atom is 0.0420 e. The fourth-order valence-corrected chi connectivity index (χ4v) is 1.51. The van der Waals surface area contributed by atoms with Crippen molar-refractivity contribution in [3.63, 3.8) is 0 Å². The molecule has 1 N–H and O–H groups in total. The van der Waals surface area contributed by atoms with Gasteiger partial charge >= 0.3 is 0 Å². The Hall–Kier alpha value is -0.890. The SMILES string of the molecule is CCNC(C)c1cc(C)cnc1C. The summed E-state index contributed by atoms with van der Waals surface area (Å²) in [7, 11) is 0. The third kappa shape index (κ3) is 2.52. The molecule has 2 heteroatoms. The van der Waals surface area contributed by atoms with Crippen molar-refractivity contribution in [2.24, 2.45) is 0 Å². The Kier molecular flexibility index (Phi) is 3.43. The molecule has 0 amide bonds. The van der Waals surface area contributed by atoms with Gasteiger partial charge < -0.3 is 5.32 Å². The van der Waals surface area contributed by atoms with E-state index in [0.717, 1.165) is 12.2 Å². The highest BCUT2D eigenvalue weighted by molar-refractivity contribution is 5.26. The number of aromatic nitrogens is 1. The molecule has 0 saturated heterocycles. The number of nitrogens with one attached hydrogen (secondary N) is 1. The average Bonchev–Trinajstić information content (AvgIpc) is 2.09. The molecule has 0 spiro atoms. The lowest BCUT2D eigenvalue weighted by Crippen LogP contribution is -2.19. The molecule has 0 bridgehead atoms. The van der Waals surface area contributed by atoms with E-state index < -0.39 is 0 Å². The van der Waals surface area contributed by atoms with Crippen molar-refractivity contribution >= 4 is 0 Å². The Balaban J connectivity index is 2.91. The van der Waals surface area contributed by atoms with Crippen LogP contribution in [0.25, 0.3) is 0 Å². The first-order valence-electron chi connectivity index (χ1n) is 4.81. The van der Waals surface area contributed by atoms with Crippen molar-refractivity contribution in [1.29, 1.82) is 0 Å². The number of aryl methyl sites for hydroxylation is 2. The van der Waals surface area contributed by atoms with Gasteiger partial charge in [0.1, 0.15) is 0 Å². The van der Waals surface area contributed by atoms with Gasteiger partial charge in [-0.25, -0.2) is 0 Å². The lowest BCUT2D eigenvalue weighted by molar-refractivity contribution is 0.592. The summed E-state index contributed by atoms with van der Waals surface area (Å²) in [6.45, 7) is 9.42. The molecule has 72 valence electrons. The van der Waals surface area contributed by atoms with Crippen molar-refractivity contribution in [2.75, 3.05) is 6.54 Å². The van der Waals surface area contributed by atoms with Gasteiger partial charge in [-0.05, 0) is 38.4 Å². The van der Waals surface area contributed by atoms with Crippen LogP contribution in [-0.2, 0) is 0 Å². The van der Waals surface area contributed by atoms with Gasteiger partial charge in [0.2, 0.25) is 0 Å². The number of pyridine rings is 1. The second-order valence-electron chi connectivity index (χ2n) is 3.47. The lowest BCUT2D eigenvalue weighted by Gasteiger charge is -2.15. The lowest BCUT2D eigenvalue weighted by atomic mass is 10.1. The summed E-state index contributed by atoms with van der Waals surface area (Å²) in [5.41, 5.74) is 3.66. The predicted octanol–water partition coefficient (Wildman–Crippen LogP) is 2.37. The molecule has 1 unspecified atom stereocenters. The molecule has 1 rings (SSSR count). The Morgan fingerprint density at radius 2 is 2.15 bits per heavy atom. The van der Waals surface area contributed by atoms with Crippen molar-refractivity contribution in [3.05, 3.63) is 29.1 Å². The van der Waals surface area contributed by atoms with E-state index in [1.54, 1.807) is 0 Å². The van der Waals surface area contributed by atoms with Gasteiger partial charge in [0, 0.05) is 17.9 Å². The molecule has 1 atom stereocenters. The first-order valence-corrected chi connectivity index (χ1v) is 4.81. The fraction of sp³-hybridized carbons (Fsp3) is 0.545. The third-order valence-corrected chi connectivity index (χ3v) is 2.24. The van der Waals surface area contributed by atoms with Crippen LogP contribution in [0.5, 0.6) is 0 Å². The quantitative estimate of drug-likeness (QED) is 0.768. The van der Waals surface area contributed by atoms with E-state index in [0.29, 0.717) is 6.04 Å². The monoisotopic (exact) mass is 178 g/mol. The minimum Gasteiger partial charge on any atom is -0.310 e. The van der Waals surface area contributed by atoms with Crippen LogP contribution in [0.2, 0.25) is 0 Å². The Bertz CT molecular complexity index is 281. The molecule has 1 aromatic rings. The summed E-state index contributed by atoms with van der Waals surface area (Å²) in [4.78, 5) is 4.34. The maximum absolute atomic E-state index is 4.34. The van der Waals surface area contributed by atoms with Crippen LogP contribution in [0.4, 0.5) is 0 Å². The zero-order valence-electron chi connectivity index (χ0n) is 8.89. The van der Waals surface area contributed by atoms with E-state index in [1.807, 2.05) is 6.20 Å². The number of hydrogen-bond donors (Lipinski definition) is 1. The summed E-state index contributed by atoms with van der Waals surface area (Å²) >= 11 is 0. The summed E-state index contributed by atoms with van der Waals surface area (Å²) in [5, 5.41) is 3.39. The van der Waals surface area contributed by atoms with E-state index in [1.165, 1.54) is 11.1 Å². The molecule has 0 saturated carbocycles. The van der Waals surface area contributed by atoms with Gasteiger partial charge in [-0.3, -0.25) is 4.98 Å². The molecule has 0 aromatic carbocycles. The van der Waals surface area contributed by atoms with Gasteiger partial charge in [0.15, 0.2) is 0 Å². The van der Waals surface area contributed by atoms with Crippen molar-refractivity contribution in [3.8, 4) is 0 Å². The van der Waals surface area contributed by atoms with Gasteiger partial charge in [0.25, 0.3) is 0 Å². The highest BCUT2D eigenvalue weighted by atomic mass is 14.9. The number of rotatable bonds is 3. The minimum absolute atomic E-state index is 0.400. The van der Waals surface area contributed by atoms with Gasteiger partial charge in [-0.1, -0.05) is 13.0 Å². The number of hydrogen-bond acceptors (Lipinski definition) is 2. The maximum atomic E-state index is 4.34. The standard InChI is InChI=1S/C11H18N2/c1-5-12-9(3)11-6-8(2)7-13-10(11)4/h6-7,9,12H,5H2,1-4H3. The summed E-state index contributed by atoms with van der Waals surface area (Å²) < 4.78 is 0. The van der Waals surface area contributed by atoms with Crippen LogP contribution in [0, 0.1) is 13.8 Å². The molecular formula is C11H18N2. The van der Waals surface area contributed by atoms with Crippen molar-refractivity contribution < 1.29 is 0 Å². The molecule has 0 fully saturated rings. The first-order chi connectivity index (χ1) is 6.15. The second-order valence-corrected chi connectivity index (χ2v) is 3.47. The first kappa shape index (κ1) is 10.2. The second kappa shape index (κ2) is 4.38. The normalized spacial score (nSPS) is 12.9. The summed E-state index contributed by atoms with van der Waals surface area (Å²) in [6, 6.07) is 2.60. The van der Waals surface area contributed by atoms with E-state index in [9.17, 15) is 0 Å². The molecule has 1 heterocycles. The summed E-state index contributed by atoms with van der Waals surface area (Å²) in [6.07, 6.45) is 1.91. The topological polar surface area (TPSA) is 24.9 Å². The average molecular weight is 178 g/mol. The van der Waals surface area contributed by atoms with Gasteiger partial charge in [-0.15, -0.1) is 0 Å². The van der Waals surface area contributed by atoms with Crippen LogP contribution in [-0.4, -0.2) is 11.5 Å². The van der Waals surface area contributed by atoms with Crippen LogP contribution in [0.15, 0.2) is 12.3 Å². The minimum atomic E-state index is 0.400. The van der Waals surface area contributed by atoms with Crippen LogP contribution in [0.3, 0.4) is 0 Å². The molecule has 1 aromatic heterocycles. The van der Waals surface area contributed by atoms with E-state index in [2.05, 4.69) is 44.1 Å². The molecule has 13 heavy (non-hydrogen) atoms. The zero-order valence-corrected chi connectivity index (χ0v) is 8.89. The van der Waals surface area contributed by atoms with Crippen LogP contribution >= 0.6 is 0 Å². The van der Waals surface area contributed by atoms with E-state index in [-0.39, 0.29) is 0 Å². The highest BCUT2D eigenvalue weighted by Crippen LogP contribution is 2.16. The third-order valence-electron chi connectivity index (χ3n) is 2.24. The zero-order chi connectivity index (χ0) is 9.84. The van der Waals surface area contributed by atoms with Crippen molar-refractivity contribution in [1.82, 2.24) is 10.3 Å². The van der Waals surface area contributed by atoms with Gasteiger partial charge in [0.05, 0.1) is 0 Å². The molecule has 0 aliphatic heterocycles. The Morgan fingerprint density at radius 3 is 2.77 bits per heavy atom. The van der Waals surface area contributed by atoms with E-state index in [4.69, 9.17) is 0 Å². The van der Waals surface area contributed by atoms with E-state index >= 15 is 0 Å². The fourth-order valence-electron chi connectivity index (χ4n) is 1.51.